The quantitative estimate of drug-likeness (QED) is 0.730. The number of hydrogen-bond donors (Lipinski definition) is 2. The van der Waals surface area contributed by atoms with E-state index < -0.39 is 11.6 Å². The summed E-state index contributed by atoms with van der Waals surface area (Å²) in [6.07, 6.45) is 0. The topological polar surface area (TPSA) is 45.7 Å². The number of hydrogen-bond acceptors (Lipinski definition) is 4. The van der Waals surface area contributed by atoms with Gasteiger partial charge in [-0.25, -0.2) is 8.78 Å². The average molecular weight is 410 g/mol. The van der Waals surface area contributed by atoms with Gasteiger partial charge in [0, 0.05) is 24.6 Å². The molecular weight excluding hydrogens is 384 g/mol. The number of nitrogens with one attached hydrogen (secondary N) is 2. The van der Waals surface area contributed by atoms with Gasteiger partial charge in [-0.2, -0.15) is 0 Å². The third-order valence-electron chi connectivity index (χ3n) is 4.77. The third-order valence-corrected chi connectivity index (χ3v) is 4.77. The summed E-state index contributed by atoms with van der Waals surface area (Å²) in [4.78, 5) is 4.35. The van der Waals surface area contributed by atoms with Crippen LogP contribution in [0.2, 0.25) is 0 Å². The van der Waals surface area contributed by atoms with Gasteiger partial charge in [0.15, 0.2) is 5.96 Å². The Kier molecular flexibility index (Phi) is 8.20. The molecule has 1 aliphatic rings. The van der Waals surface area contributed by atoms with Crippen LogP contribution in [0, 0.1) is 25.5 Å². The molecule has 0 saturated carbocycles. The summed E-state index contributed by atoms with van der Waals surface area (Å²) in [5.74, 6) is -0.347. The highest BCUT2D eigenvalue weighted by Gasteiger charge is 2.19. The average Bonchev–Trinajstić information content (AvgIpc) is 3.15. The Balaban J connectivity index is 0.00000280. The SMILES string of the molecule is Cc1cccc(C)c1C(CNC1=NCCN1)COCc1c(F)cccc1F.Cl. The molecule has 1 heterocycles. The molecule has 7 heteroatoms. The van der Waals surface area contributed by atoms with Gasteiger partial charge in [-0.3, -0.25) is 4.99 Å². The Bertz CT molecular complexity index is 789. The molecule has 2 aromatic carbocycles. The number of benzene rings is 2. The van der Waals surface area contributed by atoms with E-state index in [2.05, 4.69) is 41.6 Å². The lowest BCUT2D eigenvalue weighted by Crippen LogP contribution is -2.37. The van der Waals surface area contributed by atoms with Crippen LogP contribution in [0.4, 0.5) is 8.78 Å². The van der Waals surface area contributed by atoms with Crippen molar-refractivity contribution in [1.82, 2.24) is 10.6 Å². The molecule has 2 N–H and O–H groups in total. The fourth-order valence-corrected chi connectivity index (χ4v) is 3.43. The van der Waals surface area contributed by atoms with Gasteiger partial charge >= 0.3 is 0 Å². The number of aryl methyl sites for hydroxylation is 2. The lowest BCUT2D eigenvalue weighted by Gasteiger charge is -2.23. The van der Waals surface area contributed by atoms with E-state index in [1.165, 1.54) is 34.9 Å². The van der Waals surface area contributed by atoms with Crippen LogP contribution in [0.25, 0.3) is 0 Å². The van der Waals surface area contributed by atoms with Crippen molar-refractivity contribution in [2.24, 2.45) is 4.99 Å². The molecule has 152 valence electrons. The van der Waals surface area contributed by atoms with Gasteiger partial charge in [-0.1, -0.05) is 24.3 Å². The van der Waals surface area contributed by atoms with E-state index in [0.717, 1.165) is 19.0 Å². The number of halogens is 3. The minimum absolute atomic E-state index is 0. The summed E-state index contributed by atoms with van der Waals surface area (Å²) < 4.78 is 33.4. The molecule has 1 unspecified atom stereocenters. The highest BCUT2D eigenvalue weighted by Crippen LogP contribution is 2.24. The van der Waals surface area contributed by atoms with Gasteiger partial charge in [0.2, 0.25) is 0 Å². The van der Waals surface area contributed by atoms with E-state index in [9.17, 15) is 8.78 Å². The van der Waals surface area contributed by atoms with Crippen molar-refractivity contribution < 1.29 is 13.5 Å². The molecule has 0 radical (unpaired) electrons. The number of aliphatic imine (C=N–C) groups is 1. The molecule has 0 amide bonds. The summed E-state index contributed by atoms with van der Waals surface area (Å²) in [5, 5.41) is 6.51. The fourth-order valence-electron chi connectivity index (χ4n) is 3.43. The van der Waals surface area contributed by atoms with Gasteiger partial charge in [0.1, 0.15) is 11.6 Å². The molecular formula is C21H26ClF2N3O. The molecule has 28 heavy (non-hydrogen) atoms. The first-order valence-electron chi connectivity index (χ1n) is 9.15. The van der Waals surface area contributed by atoms with Crippen LogP contribution >= 0.6 is 12.4 Å². The molecule has 0 aromatic heterocycles. The summed E-state index contributed by atoms with van der Waals surface area (Å²) in [6.45, 7) is 6.60. The zero-order valence-electron chi connectivity index (χ0n) is 16.1. The number of nitrogens with zero attached hydrogens (tertiary/aromatic N) is 1. The van der Waals surface area contributed by atoms with Crippen molar-refractivity contribution in [3.63, 3.8) is 0 Å². The van der Waals surface area contributed by atoms with E-state index in [1.54, 1.807) is 0 Å². The molecule has 2 aromatic rings. The Morgan fingerprint density at radius 3 is 2.36 bits per heavy atom. The van der Waals surface area contributed by atoms with E-state index >= 15 is 0 Å². The predicted molar refractivity (Wildman–Crippen MR) is 110 cm³/mol. The van der Waals surface area contributed by atoms with Crippen LogP contribution < -0.4 is 10.6 Å². The molecule has 0 fully saturated rings. The van der Waals surface area contributed by atoms with Gasteiger partial charge in [0.05, 0.1) is 19.8 Å². The van der Waals surface area contributed by atoms with Crippen LogP contribution in [-0.2, 0) is 11.3 Å². The van der Waals surface area contributed by atoms with Crippen LogP contribution in [0.15, 0.2) is 41.4 Å². The Labute approximate surface area is 170 Å². The van der Waals surface area contributed by atoms with Gasteiger partial charge < -0.3 is 15.4 Å². The minimum atomic E-state index is -0.582. The lowest BCUT2D eigenvalue weighted by molar-refractivity contribution is 0.102. The Hall–Kier alpha value is -2.18. The van der Waals surface area contributed by atoms with Crippen LogP contribution in [0.3, 0.4) is 0 Å². The van der Waals surface area contributed by atoms with Crippen molar-refractivity contribution in [1.29, 1.82) is 0 Å². The minimum Gasteiger partial charge on any atom is -0.376 e. The molecule has 4 nitrogen and oxygen atoms in total. The van der Waals surface area contributed by atoms with Crippen molar-refractivity contribution in [2.45, 2.75) is 26.4 Å². The number of rotatable bonds is 7. The molecule has 1 aliphatic heterocycles. The first-order valence-corrected chi connectivity index (χ1v) is 9.15. The Morgan fingerprint density at radius 1 is 1.11 bits per heavy atom. The van der Waals surface area contributed by atoms with E-state index in [4.69, 9.17) is 4.74 Å². The fraction of sp³-hybridized carbons (Fsp3) is 0.381. The Morgan fingerprint density at radius 2 is 1.75 bits per heavy atom. The summed E-state index contributed by atoms with van der Waals surface area (Å²) in [5.41, 5.74) is 3.50. The molecule has 0 aliphatic carbocycles. The third kappa shape index (κ3) is 5.42. The monoisotopic (exact) mass is 409 g/mol. The zero-order chi connectivity index (χ0) is 19.2. The van der Waals surface area contributed by atoms with Crippen molar-refractivity contribution >= 4 is 18.4 Å². The van der Waals surface area contributed by atoms with E-state index in [-0.39, 0.29) is 30.5 Å². The van der Waals surface area contributed by atoms with E-state index in [1.807, 2.05) is 6.07 Å². The summed E-state index contributed by atoms with van der Waals surface area (Å²) >= 11 is 0. The second kappa shape index (κ2) is 10.4. The zero-order valence-corrected chi connectivity index (χ0v) is 16.9. The highest BCUT2D eigenvalue weighted by atomic mass is 35.5. The second-order valence-electron chi connectivity index (χ2n) is 6.76. The van der Waals surface area contributed by atoms with Crippen molar-refractivity contribution in [2.75, 3.05) is 26.2 Å². The molecule has 1 atom stereocenters. The van der Waals surface area contributed by atoms with Crippen LogP contribution in [0.5, 0.6) is 0 Å². The predicted octanol–water partition coefficient (Wildman–Crippen LogP) is 3.85. The van der Waals surface area contributed by atoms with Crippen molar-refractivity contribution in [3.8, 4) is 0 Å². The molecule has 0 bridgehead atoms. The summed E-state index contributed by atoms with van der Waals surface area (Å²) in [7, 11) is 0. The molecule has 0 spiro atoms. The molecule has 3 rings (SSSR count). The van der Waals surface area contributed by atoms with Gasteiger partial charge in [0.25, 0.3) is 0 Å². The van der Waals surface area contributed by atoms with Crippen LogP contribution in [-0.4, -0.2) is 32.2 Å². The standard InChI is InChI=1S/C21H25F2N3O.ClH/c1-14-5-3-6-15(2)20(14)16(11-26-21-24-9-10-25-21)12-27-13-17-18(22)7-4-8-19(17)23;/h3-8,16H,9-13H2,1-2H3,(H2,24,25,26);1H. The normalized spacial score (nSPS) is 14.1. The van der Waals surface area contributed by atoms with Gasteiger partial charge in [-0.15, -0.1) is 12.4 Å². The maximum absolute atomic E-state index is 13.8. The van der Waals surface area contributed by atoms with E-state index in [0.29, 0.717) is 13.2 Å². The number of guanidine groups is 1. The maximum atomic E-state index is 13.8. The highest BCUT2D eigenvalue weighted by molar-refractivity contribution is 5.85. The van der Waals surface area contributed by atoms with Crippen molar-refractivity contribution in [3.05, 3.63) is 70.3 Å². The van der Waals surface area contributed by atoms with Crippen LogP contribution in [0.1, 0.15) is 28.2 Å². The van der Waals surface area contributed by atoms with Gasteiger partial charge in [-0.05, 0) is 42.7 Å². The first-order chi connectivity index (χ1) is 13.1. The largest absolute Gasteiger partial charge is 0.376 e. The first kappa shape index (κ1) is 22.1. The summed E-state index contributed by atoms with van der Waals surface area (Å²) in [6, 6.07) is 10.0. The smallest absolute Gasteiger partial charge is 0.191 e. The lowest BCUT2D eigenvalue weighted by atomic mass is 9.91. The number of ether oxygens (including phenoxy) is 1. The second-order valence-corrected chi connectivity index (χ2v) is 6.76. The molecule has 0 saturated heterocycles. The maximum Gasteiger partial charge on any atom is 0.191 e.